The quantitative estimate of drug-likeness (QED) is 0.546. The number of rotatable bonds is 7. The van der Waals surface area contributed by atoms with Crippen molar-refractivity contribution in [2.45, 2.75) is 46.0 Å². The summed E-state index contributed by atoms with van der Waals surface area (Å²) in [6.45, 7) is 4.11. The maximum absolute atomic E-state index is 12.6. The van der Waals surface area contributed by atoms with Gasteiger partial charge in [-0.05, 0) is 76.3 Å². The van der Waals surface area contributed by atoms with Crippen molar-refractivity contribution in [1.82, 2.24) is 9.97 Å². The molecule has 1 aromatic heterocycles. The highest BCUT2D eigenvalue weighted by Gasteiger charge is 2.12. The minimum Gasteiger partial charge on any atom is -0.354 e. The number of nitrogens with zero attached hydrogens (tertiary/aromatic N) is 2. The number of hydrogen-bond donors (Lipinski definition) is 2. The highest BCUT2D eigenvalue weighted by Crippen LogP contribution is 2.20. The van der Waals surface area contributed by atoms with Crippen LogP contribution in [0.5, 0.6) is 0 Å². The molecule has 0 saturated carbocycles. The Bertz CT molecular complexity index is 888. The number of nitrogens with one attached hydrogen (secondary N) is 2. The van der Waals surface area contributed by atoms with Crippen LogP contribution in [0.4, 0.5) is 11.6 Å². The van der Waals surface area contributed by atoms with Crippen molar-refractivity contribution >= 4 is 23.3 Å². The maximum Gasteiger partial charge on any atom is 0.274 e. The molecule has 0 fully saturated rings. The van der Waals surface area contributed by atoms with Gasteiger partial charge >= 0.3 is 0 Å². The molecule has 0 bridgehead atoms. The molecule has 1 aliphatic rings. The van der Waals surface area contributed by atoms with Gasteiger partial charge in [0.25, 0.3) is 5.91 Å². The van der Waals surface area contributed by atoms with Gasteiger partial charge in [-0.3, -0.25) is 9.59 Å². The lowest BCUT2D eigenvalue weighted by molar-refractivity contribution is 0.101. The van der Waals surface area contributed by atoms with Crippen molar-refractivity contribution in [2.75, 3.05) is 17.2 Å². The third kappa shape index (κ3) is 5.49. The Hall–Kier alpha value is -3.02. The lowest BCUT2D eigenvalue weighted by Gasteiger charge is -2.13. The zero-order valence-electron chi connectivity index (χ0n) is 16.4. The molecule has 1 heterocycles. The van der Waals surface area contributed by atoms with Gasteiger partial charge in [-0.15, -0.1) is 0 Å². The fourth-order valence-electron chi connectivity index (χ4n) is 3.21. The van der Waals surface area contributed by atoms with Crippen molar-refractivity contribution < 1.29 is 9.59 Å². The van der Waals surface area contributed by atoms with Crippen LogP contribution in [0.3, 0.4) is 0 Å². The molecular weight excluding hydrogens is 352 g/mol. The van der Waals surface area contributed by atoms with Crippen LogP contribution >= 0.6 is 0 Å². The lowest BCUT2D eigenvalue weighted by Crippen LogP contribution is -2.16. The third-order valence-electron chi connectivity index (χ3n) is 4.75. The van der Waals surface area contributed by atoms with Crippen LogP contribution in [0.2, 0.25) is 0 Å². The van der Waals surface area contributed by atoms with Crippen LogP contribution in [0.15, 0.2) is 42.0 Å². The van der Waals surface area contributed by atoms with Gasteiger partial charge in [-0.1, -0.05) is 11.6 Å². The number of allylic oxidation sites excluding steroid dienone is 1. The Morgan fingerprint density at radius 2 is 1.89 bits per heavy atom. The van der Waals surface area contributed by atoms with Crippen molar-refractivity contribution in [3.63, 3.8) is 0 Å². The molecule has 2 N–H and O–H groups in total. The van der Waals surface area contributed by atoms with E-state index in [9.17, 15) is 9.59 Å². The minimum absolute atomic E-state index is 0.0102. The maximum atomic E-state index is 12.6. The molecule has 1 aliphatic carbocycles. The Labute approximate surface area is 165 Å². The summed E-state index contributed by atoms with van der Waals surface area (Å²) >= 11 is 0. The number of hydrogen-bond acceptors (Lipinski definition) is 5. The average molecular weight is 378 g/mol. The molecule has 3 rings (SSSR count). The van der Waals surface area contributed by atoms with Crippen molar-refractivity contribution in [2.24, 2.45) is 0 Å². The molecule has 6 heteroatoms. The predicted molar refractivity (Wildman–Crippen MR) is 111 cm³/mol. The van der Waals surface area contributed by atoms with Gasteiger partial charge in [0.1, 0.15) is 5.69 Å². The molecule has 146 valence electrons. The highest BCUT2D eigenvalue weighted by atomic mass is 16.2. The second-order valence-electron chi connectivity index (χ2n) is 7.09. The number of aryl methyl sites for hydroxylation is 1. The van der Waals surface area contributed by atoms with Gasteiger partial charge in [0.05, 0.1) is 0 Å². The number of carbonyl (C=O) groups is 2. The molecule has 28 heavy (non-hydrogen) atoms. The first-order valence-corrected chi connectivity index (χ1v) is 9.71. The van der Waals surface area contributed by atoms with Crippen molar-refractivity contribution in [1.29, 1.82) is 0 Å². The summed E-state index contributed by atoms with van der Waals surface area (Å²) in [6.07, 6.45) is 8.21. The summed E-state index contributed by atoms with van der Waals surface area (Å²) < 4.78 is 0. The largest absolute Gasteiger partial charge is 0.354 e. The fraction of sp³-hybridized carbons (Fsp3) is 0.364. The highest BCUT2D eigenvalue weighted by molar-refractivity contribution is 6.03. The number of aromatic nitrogens is 2. The first kappa shape index (κ1) is 19.7. The van der Waals surface area contributed by atoms with E-state index >= 15 is 0 Å². The topological polar surface area (TPSA) is 84.0 Å². The third-order valence-corrected chi connectivity index (χ3v) is 4.75. The Kier molecular flexibility index (Phi) is 6.53. The second-order valence-corrected chi connectivity index (χ2v) is 7.09. The molecule has 1 aromatic carbocycles. The van der Waals surface area contributed by atoms with E-state index in [2.05, 4.69) is 26.7 Å². The predicted octanol–water partition coefficient (Wildman–Crippen LogP) is 4.54. The Morgan fingerprint density at radius 1 is 1.11 bits per heavy atom. The average Bonchev–Trinajstić information content (AvgIpc) is 2.69. The van der Waals surface area contributed by atoms with Crippen LogP contribution in [-0.4, -0.2) is 28.2 Å². The molecule has 1 amide bonds. The van der Waals surface area contributed by atoms with E-state index in [0.29, 0.717) is 22.9 Å². The summed E-state index contributed by atoms with van der Waals surface area (Å²) in [5.41, 5.74) is 3.74. The van der Waals surface area contributed by atoms with E-state index in [0.717, 1.165) is 18.7 Å². The van der Waals surface area contributed by atoms with Gasteiger partial charge in [-0.25, -0.2) is 9.97 Å². The van der Waals surface area contributed by atoms with E-state index < -0.39 is 0 Å². The normalized spacial score (nSPS) is 13.6. The van der Waals surface area contributed by atoms with Gasteiger partial charge in [0, 0.05) is 23.5 Å². The summed E-state index contributed by atoms with van der Waals surface area (Å²) in [4.78, 5) is 32.6. The van der Waals surface area contributed by atoms with Gasteiger partial charge < -0.3 is 10.6 Å². The second kappa shape index (κ2) is 9.26. The summed E-state index contributed by atoms with van der Waals surface area (Å²) in [5, 5.41) is 6.04. The monoisotopic (exact) mass is 378 g/mol. The minimum atomic E-state index is -0.306. The van der Waals surface area contributed by atoms with Gasteiger partial charge in [0.15, 0.2) is 5.78 Å². The molecule has 0 unspecified atom stereocenters. The van der Waals surface area contributed by atoms with Crippen LogP contribution in [0.25, 0.3) is 0 Å². The molecule has 2 aromatic rings. The van der Waals surface area contributed by atoms with Crippen LogP contribution < -0.4 is 10.6 Å². The number of benzene rings is 1. The number of carbonyl (C=O) groups excluding carboxylic acids is 2. The van der Waals surface area contributed by atoms with Crippen LogP contribution in [0, 0.1) is 6.92 Å². The van der Waals surface area contributed by atoms with Crippen molar-refractivity contribution in [3.8, 4) is 0 Å². The number of ketones is 1. The van der Waals surface area contributed by atoms with E-state index in [1.165, 1.54) is 38.2 Å². The van der Waals surface area contributed by atoms with Crippen LogP contribution in [-0.2, 0) is 0 Å². The molecule has 0 aliphatic heterocycles. The Balaban J connectivity index is 1.62. The molecule has 6 nitrogen and oxygen atoms in total. The smallest absolute Gasteiger partial charge is 0.274 e. The molecule has 0 radical (unpaired) electrons. The lowest BCUT2D eigenvalue weighted by atomic mass is 9.97. The number of amides is 1. The zero-order chi connectivity index (χ0) is 19.9. The Morgan fingerprint density at radius 3 is 2.57 bits per heavy atom. The standard InChI is InChI=1S/C22H26N4O2/c1-15-14-20(21(28)25-19-10-8-18(9-11-19)16(2)27)26-22(24-15)23-13-12-17-6-4-3-5-7-17/h6,8-11,14H,3-5,7,12-13H2,1-2H3,(H,25,28)(H,23,24,26). The fourth-order valence-corrected chi connectivity index (χ4v) is 3.21. The molecular formula is C22H26N4O2. The zero-order valence-corrected chi connectivity index (χ0v) is 16.4. The van der Waals surface area contributed by atoms with Gasteiger partial charge in [0.2, 0.25) is 5.95 Å². The van der Waals surface area contributed by atoms with E-state index in [1.54, 1.807) is 30.3 Å². The summed E-state index contributed by atoms with van der Waals surface area (Å²) in [7, 11) is 0. The SMILES string of the molecule is CC(=O)c1ccc(NC(=O)c2cc(C)nc(NCCC3=CCCCC3)n2)cc1. The van der Waals surface area contributed by atoms with E-state index in [1.807, 2.05) is 6.92 Å². The summed E-state index contributed by atoms with van der Waals surface area (Å²) in [6, 6.07) is 8.46. The van der Waals surface area contributed by atoms with Gasteiger partial charge in [-0.2, -0.15) is 0 Å². The first-order chi connectivity index (χ1) is 13.5. The molecule has 0 saturated heterocycles. The number of anilines is 2. The molecule has 0 atom stereocenters. The number of Topliss-reactive ketones (excluding diaryl/α,β-unsaturated/α-hetero) is 1. The van der Waals surface area contributed by atoms with E-state index in [-0.39, 0.29) is 11.7 Å². The first-order valence-electron chi connectivity index (χ1n) is 9.71. The molecule has 0 spiro atoms. The summed E-state index contributed by atoms with van der Waals surface area (Å²) in [5.74, 6) is 0.150. The van der Waals surface area contributed by atoms with Crippen molar-refractivity contribution in [3.05, 3.63) is 58.9 Å². The van der Waals surface area contributed by atoms with E-state index in [4.69, 9.17) is 0 Å². The van der Waals surface area contributed by atoms with Crippen LogP contribution in [0.1, 0.15) is 65.6 Å².